The van der Waals surface area contributed by atoms with Crippen LogP contribution in [0.3, 0.4) is 0 Å². The monoisotopic (exact) mass is 356 g/mol. The topological polar surface area (TPSA) is 62.0 Å². The number of hydrogen-bond donors (Lipinski definition) is 2. The molecule has 0 saturated heterocycles. The molecule has 0 saturated carbocycles. The molecule has 0 spiro atoms. The zero-order valence-corrected chi connectivity index (χ0v) is 15.9. The number of para-hydroxylation sites is 1. The predicted molar refractivity (Wildman–Crippen MR) is 103 cm³/mol. The first-order chi connectivity index (χ1) is 11.8. The second-order valence-electron chi connectivity index (χ2n) is 6.65. The van der Waals surface area contributed by atoms with Crippen LogP contribution in [0.2, 0.25) is 0 Å². The Labute approximate surface area is 149 Å². The number of aromatic amines is 1. The summed E-state index contributed by atoms with van der Waals surface area (Å²) in [5, 5.41) is 1.15. The number of aryl methyl sites for hydroxylation is 4. The predicted octanol–water partition coefficient (Wildman–Crippen LogP) is 3.92. The maximum Gasteiger partial charge on any atom is 0.241 e. The van der Waals surface area contributed by atoms with Crippen molar-refractivity contribution < 1.29 is 8.42 Å². The summed E-state index contributed by atoms with van der Waals surface area (Å²) < 4.78 is 28.3. The van der Waals surface area contributed by atoms with Gasteiger partial charge in [0.05, 0.1) is 4.90 Å². The van der Waals surface area contributed by atoms with Crippen molar-refractivity contribution in [1.29, 1.82) is 0 Å². The fraction of sp³-hybridized carbons (Fsp3) is 0.300. The number of sulfonamides is 1. The first-order valence-corrected chi connectivity index (χ1v) is 9.91. The third-order valence-corrected chi connectivity index (χ3v) is 6.33. The van der Waals surface area contributed by atoms with Crippen LogP contribution in [0, 0.1) is 27.7 Å². The molecule has 132 valence electrons. The van der Waals surface area contributed by atoms with E-state index in [-0.39, 0.29) is 0 Å². The number of aromatic nitrogens is 1. The smallest absolute Gasteiger partial charge is 0.241 e. The third-order valence-electron chi connectivity index (χ3n) is 4.57. The van der Waals surface area contributed by atoms with Crippen LogP contribution in [0.4, 0.5) is 0 Å². The Balaban J connectivity index is 1.80. The molecule has 0 atom stereocenters. The Morgan fingerprint density at radius 1 is 1.00 bits per heavy atom. The Morgan fingerprint density at radius 3 is 2.32 bits per heavy atom. The summed E-state index contributed by atoms with van der Waals surface area (Å²) in [6.07, 6.45) is 0.652. The van der Waals surface area contributed by atoms with Gasteiger partial charge in [0.25, 0.3) is 0 Å². The van der Waals surface area contributed by atoms with Gasteiger partial charge in [0.2, 0.25) is 10.0 Å². The van der Waals surface area contributed by atoms with Crippen LogP contribution in [0.15, 0.2) is 41.3 Å². The van der Waals surface area contributed by atoms with Crippen LogP contribution in [-0.4, -0.2) is 19.9 Å². The highest BCUT2D eigenvalue weighted by molar-refractivity contribution is 7.89. The summed E-state index contributed by atoms with van der Waals surface area (Å²) in [6.45, 7) is 8.07. The molecule has 0 amide bonds. The lowest BCUT2D eigenvalue weighted by atomic mass is 10.1. The van der Waals surface area contributed by atoms with Crippen molar-refractivity contribution in [3.05, 3.63) is 64.3 Å². The maximum atomic E-state index is 12.7. The minimum absolute atomic E-state index is 0.373. The molecule has 5 heteroatoms. The molecule has 0 aliphatic rings. The number of hydrogen-bond acceptors (Lipinski definition) is 2. The SMILES string of the molecule is Cc1cc(C)c(S(=O)(=O)NCCc2c(C)[nH]c3ccccc23)c(C)c1. The van der Waals surface area contributed by atoms with E-state index in [4.69, 9.17) is 0 Å². The number of H-pyrrole nitrogens is 1. The highest BCUT2D eigenvalue weighted by Crippen LogP contribution is 2.23. The van der Waals surface area contributed by atoms with Gasteiger partial charge >= 0.3 is 0 Å². The Hall–Kier alpha value is -2.11. The molecule has 0 bridgehead atoms. The van der Waals surface area contributed by atoms with Crippen molar-refractivity contribution >= 4 is 20.9 Å². The van der Waals surface area contributed by atoms with Crippen molar-refractivity contribution in [2.75, 3.05) is 6.54 Å². The molecule has 0 fully saturated rings. The molecule has 2 N–H and O–H groups in total. The molecule has 0 unspecified atom stereocenters. The Morgan fingerprint density at radius 2 is 1.64 bits per heavy atom. The van der Waals surface area contributed by atoms with E-state index in [2.05, 4.69) is 15.8 Å². The lowest BCUT2D eigenvalue weighted by Gasteiger charge is -2.13. The molecule has 3 aromatic rings. The van der Waals surface area contributed by atoms with Gasteiger partial charge in [0.15, 0.2) is 0 Å². The average molecular weight is 356 g/mol. The van der Waals surface area contributed by atoms with E-state index in [1.165, 1.54) is 0 Å². The largest absolute Gasteiger partial charge is 0.358 e. The van der Waals surface area contributed by atoms with Crippen molar-refractivity contribution in [3.63, 3.8) is 0 Å². The Kier molecular flexibility index (Phi) is 4.71. The first kappa shape index (κ1) is 17.7. The molecule has 0 aliphatic carbocycles. The van der Waals surface area contributed by atoms with E-state index in [0.29, 0.717) is 17.9 Å². The van der Waals surface area contributed by atoms with Gasteiger partial charge in [0, 0.05) is 23.1 Å². The lowest BCUT2D eigenvalue weighted by Crippen LogP contribution is -2.27. The van der Waals surface area contributed by atoms with Crippen LogP contribution in [0.1, 0.15) is 27.9 Å². The van der Waals surface area contributed by atoms with E-state index < -0.39 is 10.0 Å². The second kappa shape index (κ2) is 6.65. The molecule has 0 radical (unpaired) electrons. The fourth-order valence-corrected chi connectivity index (χ4v) is 5.11. The second-order valence-corrected chi connectivity index (χ2v) is 8.35. The van der Waals surface area contributed by atoms with Gasteiger partial charge in [-0.25, -0.2) is 13.1 Å². The normalized spacial score (nSPS) is 12.0. The van der Waals surface area contributed by atoms with Crippen molar-refractivity contribution in [2.24, 2.45) is 0 Å². The standard InChI is InChI=1S/C20H24N2O2S/c1-13-11-14(2)20(15(3)12-13)25(23,24)21-10-9-17-16(4)22-19-8-6-5-7-18(17)19/h5-8,11-12,21-22H,9-10H2,1-4H3. The summed E-state index contributed by atoms with van der Waals surface area (Å²) in [5.41, 5.74) is 5.98. The minimum Gasteiger partial charge on any atom is -0.358 e. The van der Waals surface area contributed by atoms with Crippen LogP contribution < -0.4 is 4.72 Å². The number of rotatable bonds is 5. The zero-order valence-electron chi connectivity index (χ0n) is 15.1. The molecule has 4 nitrogen and oxygen atoms in total. The van der Waals surface area contributed by atoms with Crippen molar-refractivity contribution in [3.8, 4) is 0 Å². The zero-order chi connectivity index (χ0) is 18.2. The third kappa shape index (κ3) is 3.48. The summed E-state index contributed by atoms with van der Waals surface area (Å²) >= 11 is 0. The van der Waals surface area contributed by atoms with Gasteiger partial charge in [-0.2, -0.15) is 0 Å². The molecule has 1 heterocycles. The molecule has 2 aromatic carbocycles. The summed E-state index contributed by atoms with van der Waals surface area (Å²) in [7, 11) is -3.52. The van der Waals surface area contributed by atoms with Crippen molar-refractivity contribution in [1.82, 2.24) is 9.71 Å². The van der Waals surface area contributed by atoms with Gasteiger partial charge in [-0.3, -0.25) is 0 Å². The quantitative estimate of drug-likeness (QED) is 0.728. The summed E-state index contributed by atoms with van der Waals surface area (Å²) in [6, 6.07) is 11.9. The van der Waals surface area contributed by atoms with Crippen LogP contribution in [-0.2, 0) is 16.4 Å². The average Bonchev–Trinajstić information content (AvgIpc) is 2.82. The minimum atomic E-state index is -3.52. The molecule has 3 rings (SSSR count). The summed E-state index contributed by atoms with van der Waals surface area (Å²) in [5.74, 6) is 0. The molecule has 1 aromatic heterocycles. The van der Waals surface area contributed by atoms with Gasteiger partial charge in [-0.05, 0) is 56.9 Å². The molecular formula is C20H24N2O2S. The molecule has 0 aliphatic heterocycles. The lowest BCUT2D eigenvalue weighted by molar-refractivity contribution is 0.580. The van der Waals surface area contributed by atoms with Gasteiger partial charge in [-0.1, -0.05) is 35.9 Å². The molecule has 25 heavy (non-hydrogen) atoms. The first-order valence-electron chi connectivity index (χ1n) is 8.43. The van der Waals surface area contributed by atoms with Crippen LogP contribution in [0.25, 0.3) is 10.9 Å². The van der Waals surface area contributed by atoms with Gasteiger partial charge in [-0.15, -0.1) is 0 Å². The van der Waals surface area contributed by atoms with E-state index in [1.54, 1.807) is 0 Å². The van der Waals surface area contributed by atoms with Crippen LogP contribution >= 0.6 is 0 Å². The van der Waals surface area contributed by atoms with Gasteiger partial charge in [0.1, 0.15) is 0 Å². The van der Waals surface area contributed by atoms with E-state index in [0.717, 1.165) is 38.9 Å². The number of fused-ring (bicyclic) bond motifs is 1. The van der Waals surface area contributed by atoms with Gasteiger partial charge < -0.3 is 4.98 Å². The van der Waals surface area contributed by atoms with Crippen LogP contribution in [0.5, 0.6) is 0 Å². The van der Waals surface area contributed by atoms with E-state index in [9.17, 15) is 8.42 Å². The number of nitrogens with one attached hydrogen (secondary N) is 2. The van der Waals surface area contributed by atoms with E-state index >= 15 is 0 Å². The van der Waals surface area contributed by atoms with E-state index in [1.807, 2.05) is 58.0 Å². The number of benzene rings is 2. The highest BCUT2D eigenvalue weighted by Gasteiger charge is 2.19. The fourth-order valence-electron chi connectivity index (χ4n) is 3.63. The highest BCUT2D eigenvalue weighted by atomic mass is 32.2. The maximum absolute atomic E-state index is 12.7. The Bertz CT molecular complexity index is 1010. The molecular weight excluding hydrogens is 332 g/mol. The summed E-state index contributed by atoms with van der Waals surface area (Å²) in [4.78, 5) is 3.75. The van der Waals surface area contributed by atoms with Crippen molar-refractivity contribution in [2.45, 2.75) is 39.0 Å².